The molecular weight excluding hydrogens is 332 g/mol. The first kappa shape index (κ1) is 17.9. The number of nitrogens with one attached hydrogen (secondary N) is 1. The Labute approximate surface area is 156 Å². The smallest absolute Gasteiger partial charge is 0.409 e. The molecule has 3 amide bonds. The molecule has 7 nitrogen and oxygen atoms in total. The lowest BCUT2D eigenvalue weighted by Gasteiger charge is -2.41. The number of urea groups is 1. The van der Waals surface area contributed by atoms with Gasteiger partial charge in [-0.2, -0.15) is 0 Å². The minimum Gasteiger partial charge on any atom is -0.450 e. The molecule has 146 valence electrons. The fourth-order valence-electron chi connectivity index (χ4n) is 5.38. The number of rotatable bonds is 3. The number of fused-ring (bicyclic) bond motifs is 1. The van der Waals surface area contributed by atoms with Crippen LogP contribution in [0.1, 0.15) is 51.9 Å². The molecule has 0 aromatic heterocycles. The maximum Gasteiger partial charge on any atom is 0.409 e. The summed E-state index contributed by atoms with van der Waals surface area (Å²) < 4.78 is 5.13. The summed E-state index contributed by atoms with van der Waals surface area (Å²) in [5, 5.41) is 3.22. The first-order valence-electron chi connectivity index (χ1n) is 10.4. The molecule has 0 spiro atoms. The summed E-state index contributed by atoms with van der Waals surface area (Å²) in [6.07, 6.45) is 7.72. The molecule has 0 radical (unpaired) electrons. The number of carbonyl (C=O) groups excluding carboxylic acids is 2. The first-order valence-corrected chi connectivity index (χ1v) is 10.4. The van der Waals surface area contributed by atoms with Gasteiger partial charge in [0.15, 0.2) is 0 Å². The summed E-state index contributed by atoms with van der Waals surface area (Å²) in [4.78, 5) is 30.9. The van der Waals surface area contributed by atoms with Crippen LogP contribution in [0.4, 0.5) is 9.59 Å². The highest BCUT2D eigenvalue weighted by atomic mass is 16.6. The van der Waals surface area contributed by atoms with Gasteiger partial charge in [0.1, 0.15) is 0 Å². The molecule has 1 aliphatic carbocycles. The van der Waals surface area contributed by atoms with Crippen LogP contribution in [0.2, 0.25) is 0 Å². The van der Waals surface area contributed by atoms with Crippen molar-refractivity contribution in [3.63, 3.8) is 0 Å². The van der Waals surface area contributed by atoms with Crippen LogP contribution in [0, 0.1) is 0 Å². The molecule has 3 saturated heterocycles. The summed E-state index contributed by atoms with van der Waals surface area (Å²) in [5.41, 5.74) is 0. The van der Waals surface area contributed by atoms with Crippen LogP contribution in [0.25, 0.3) is 0 Å². The molecule has 4 aliphatic rings. The summed E-state index contributed by atoms with van der Waals surface area (Å²) in [5.74, 6) is 0. The number of nitrogens with zero attached hydrogens (tertiary/aromatic N) is 3. The Kier molecular flexibility index (Phi) is 5.25. The van der Waals surface area contributed by atoms with Crippen molar-refractivity contribution in [1.29, 1.82) is 0 Å². The van der Waals surface area contributed by atoms with Gasteiger partial charge in [-0.05, 0) is 39.0 Å². The minimum absolute atomic E-state index is 0.162. The van der Waals surface area contributed by atoms with Crippen molar-refractivity contribution in [3.8, 4) is 0 Å². The molecule has 3 aliphatic heterocycles. The molecular formula is C19H32N4O3. The van der Waals surface area contributed by atoms with Crippen LogP contribution >= 0.6 is 0 Å². The number of ether oxygens (including phenoxy) is 1. The third kappa shape index (κ3) is 3.38. The topological polar surface area (TPSA) is 65.1 Å². The predicted molar refractivity (Wildman–Crippen MR) is 98.0 cm³/mol. The van der Waals surface area contributed by atoms with Crippen molar-refractivity contribution in [2.75, 3.05) is 32.8 Å². The quantitative estimate of drug-likeness (QED) is 0.832. The average Bonchev–Trinajstić information content (AvgIpc) is 3.26. The van der Waals surface area contributed by atoms with E-state index in [2.05, 4.69) is 15.1 Å². The number of hydrogen-bond acceptors (Lipinski definition) is 4. The van der Waals surface area contributed by atoms with E-state index in [-0.39, 0.29) is 12.1 Å². The van der Waals surface area contributed by atoms with Crippen molar-refractivity contribution in [1.82, 2.24) is 20.0 Å². The molecule has 0 aromatic carbocycles. The highest BCUT2D eigenvalue weighted by Gasteiger charge is 2.44. The Balaban J connectivity index is 1.29. The molecule has 7 heteroatoms. The molecule has 3 atom stereocenters. The van der Waals surface area contributed by atoms with Gasteiger partial charge >= 0.3 is 12.1 Å². The van der Waals surface area contributed by atoms with Gasteiger partial charge in [0, 0.05) is 38.3 Å². The van der Waals surface area contributed by atoms with E-state index in [0.717, 1.165) is 58.3 Å². The van der Waals surface area contributed by atoms with E-state index in [4.69, 9.17) is 4.74 Å². The normalized spacial score (nSPS) is 33.3. The molecule has 4 rings (SSSR count). The zero-order valence-corrected chi connectivity index (χ0v) is 15.9. The number of amides is 3. The number of hydrogen-bond donors (Lipinski definition) is 1. The van der Waals surface area contributed by atoms with Crippen molar-refractivity contribution in [2.24, 2.45) is 0 Å². The second-order valence-corrected chi connectivity index (χ2v) is 8.17. The third-order valence-electron chi connectivity index (χ3n) is 6.73. The Morgan fingerprint density at radius 1 is 1.08 bits per heavy atom. The lowest BCUT2D eigenvalue weighted by Crippen LogP contribution is -2.52. The van der Waals surface area contributed by atoms with E-state index in [0.29, 0.717) is 30.8 Å². The van der Waals surface area contributed by atoms with Crippen LogP contribution in [0.5, 0.6) is 0 Å². The molecule has 0 aromatic rings. The highest BCUT2D eigenvalue weighted by molar-refractivity contribution is 5.78. The standard InChI is InChI=1S/C19H32N4O3/c1-2-26-19(25)22-12-9-15(13-22)21-10-7-14(8-11-21)23-17-6-4-3-5-16(17)20-18(23)24/h14-17H,2-13H2,1H3,(H,20,24)/t15?,16?,17-/m0/s1. The third-order valence-corrected chi connectivity index (χ3v) is 6.73. The molecule has 3 heterocycles. The second-order valence-electron chi connectivity index (χ2n) is 8.17. The second kappa shape index (κ2) is 7.62. The summed E-state index contributed by atoms with van der Waals surface area (Å²) >= 11 is 0. The zero-order valence-electron chi connectivity index (χ0n) is 15.9. The number of carbonyl (C=O) groups is 2. The summed E-state index contributed by atoms with van der Waals surface area (Å²) in [6.45, 7) is 5.90. The molecule has 0 bridgehead atoms. The Bertz CT molecular complexity index is 535. The molecule has 2 unspecified atom stereocenters. The van der Waals surface area contributed by atoms with Crippen LogP contribution in [0.15, 0.2) is 0 Å². The van der Waals surface area contributed by atoms with E-state index >= 15 is 0 Å². The van der Waals surface area contributed by atoms with Crippen molar-refractivity contribution in [2.45, 2.75) is 76.0 Å². The molecule has 1 N–H and O–H groups in total. The fourth-order valence-corrected chi connectivity index (χ4v) is 5.38. The van der Waals surface area contributed by atoms with Crippen LogP contribution in [-0.4, -0.2) is 83.8 Å². The Morgan fingerprint density at radius 2 is 1.81 bits per heavy atom. The molecule has 4 fully saturated rings. The summed E-state index contributed by atoms with van der Waals surface area (Å²) in [7, 11) is 0. The molecule has 26 heavy (non-hydrogen) atoms. The minimum atomic E-state index is -0.179. The predicted octanol–water partition coefficient (Wildman–Crippen LogP) is 2.02. The van der Waals surface area contributed by atoms with Gasteiger partial charge in [0.25, 0.3) is 0 Å². The van der Waals surface area contributed by atoms with E-state index in [1.54, 1.807) is 0 Å². The largest absolute Gasteiger partial charge is 0.450 e. The lowest BCUT2D eigenvalue weighted by atomic mass is 9.89. The van der Waals surface area contributed by atoms with Gasteiger partial charge in [-0.3, -0.25) is 4.90 Å². The van der Waals surface area contributed by atoms with Crippen molar-refractivity contribution < 1.29 is 14.3 Å². The average molecular weight is 364 g/mol. The van der Waals surface area contributed by atoms with Crippen molar-refractivity contribution in [3.05, 3.63) is 0 Å². The molecule has 1 saturated carbocycles. The highest BCUT2D eigenvalue weighted by Crippen LogP contribution is 2.33. The lowest BCUT2D eigenvalue weighted by molar-refractivity contribution is 0.0796. The Hall–Kier alpha value is -1.50. The van der Waals surface area contributed by atoms with Gasteiger partial charge in [0.2, 0.25) is 0 Å². The van der Waals surface area contributed by atoms with E-state index in [9.17, 15) is 9.59 Å². The Morgan fingerprint density at radius 3 is 2.58 bits per heavy atom. The van der Waals surface area contributed by atoms with Crippen LogP contribution < -0.4 is 5.32 Å². The van der Waals surface area contributed by atoms with E-state index in [1.165, 1.54) is 12.8 Å². The zero-order chi connectivity index (χ0) is 18.1. The maximum atomic E-state index is 12.5. The van der Waals surface area contributed by atoms with Crippen LogP contribution in [0.3, 0.4) is 0 Å². The van der Waals surface area contributed by atoms with Gasteiger partial charge in [-0.15, -0.1) is 0 Å². The SMILES string of the molecule is CCOC(=O)N1CCC(N2CCC(N3C(=O)NC4CCCC[C@@H]43)CC2)C1. The monoisotopic (exact) mass is 364 g/mol. The fraction of sp³-hybridized carbons (Fsp3) is 0.895. The van der Waals surface area contributed by atoms with Gasteiger partial charge in [0.05, 0.1) is 18.7 Å². The number of likely N-dealkylation sites (tertiary alicyclic amines) is 2. The van der Waals surface area contributed by atoms with E-state index in [1.807, 2.05) is 11.8 Å². The maximum absolute atomic E-state index is 12.5. The first-order chi connectivity index (χ1) is 12.7. The van der Waals surface area contributed by atoms with E-state index < -0.39 is 0 Å². The van der Waals surface area contributed by atoms with Gasteiger partial charge < -0.3 is 19.9 Å². The van der Waals surface area contributed by atoms with Gasteiger partial charge in [-0.1, -0.05) is 12.8 Å². The van der Waals surface area contributed by atoms with Gasteiger partial charge in [-0.25, -0.2) is 9.59 Å². The van der Waals surface area contributed by atoms with Crippen LogP contribution in [-0.2, 0) is 4.74 Å². The summed E-state index contributed by atoms with van der Waals surface area (Å²) in [6, 6.07) is 1.77. The van der Waals surface area contributed by atoms with Crippen molar-refractivity contribution >= 4 is 12.1 Å². The number of piperidine rings is 1.